The molecular weight excluding hydrogens is 188 g/mol. The van der Waals surface area contributed by atoms with Crippen LogP contribution in [0, 0.1) is 0 Å². The maximum atomic E-state index is 11.4. The number of benzene rings is 1. The van der Waals surface area contributed by atoms with Crippen molar-refractivity contribution in [2.24, 2.45) is 10.2 Å². The molecule has 1 aromatic carbocycles. The van der Waals surface area contributed by atoms with E-state index in [1.807, 2.05) is 24.3 Å². The summed E-state index contributed by atoms with van der Waals surface area (Å²) in [5, 5.41) is 7.12. The molecule has 0 saturated carbocycles. The van der Waals surface area contributed by atoms with Gasteiger partial charge in [0.05, 0.1) is 11.8 Å². The Kier molecular flexibility index (Phi) is 2.46. The molecule has 1 amide bonds. The van der Waals surface area contributed by atoms with Gasteiger partial charge in [0.25, 0.3) is 5.91 Å². The van der Waals surface area contributed by atoms with Gasteiger partial charge in [0.2, 0.25) is 0 Å². The number of hydrogen-bond donors (Lipinski definition) is 0. The van der Waals surface area contributed by atoms with Crippen LogP contribution in [-0.4, -0.2) is 5.91 Å². The van der Waals surface area contributed by atoms with Crippen LogP contribution in [0.5, 0.6) is 0 Å². The lowest BCUT2D eigenvalue weighted by molar-refractivity contribution is -0.112. The van der Waals surface area contributed by atoms with E-state index in [0.717, 1.165) is 11.1 Å². The van der Waals surface area contributed by atoms with Crippen LogP contribution >= 0.6 is 0 Å². The second kappa shape index (κ2) is 3.77. The standard InChI is InChI=1S/C12H12N2O/c1-8(2)9-5-3-4-6-10(9)11-7-13-14-12(11)15/h3-8H,1-2H3. The van der Waals surface area contributed by atoms with Crippen LogP contribution in [-0.2, 0) is 4.79 Å². The van der Waals surface area contributed by atoms with E-state index >= 15 is 0 Å². The predicted molar refractivity (Wildman–Crippen MR) is 58.4 cm³/mol. The van der Waals surface area contributed by atoms with Crippen molar-refractivity contribution in [3.63, 3.8) is 0 Å². The summed E-state index contributed by atoms with van der Waals surface area (Å²) in [6.45, 7) is 4.21. The molecule has 76 valence electrons. The maximum absolute atomic E-state index is 11.4. The molecule has 0 spiro atoms. The van der Waals surface area contributed by atoms with Crippen molar-refractivity contribution in [2.75, 3.05) is 0 Å². The topological polar surface area (TPSA) is 41.8 Å². The molecule has 1 aliphatic heterocycles. The highest BCUT2D eigenvalue weighted by Gasteiger charge is 2.19. The van der Waals surface area contributed by atoms with Crippen molar-refractivity contribution >= 4 is 11.5 Å². The quantitative estimate of drug-likeness (QED) is 0.723. The summed E-state index contributed by atoms with van der Waals surface area (Å²) in [6.07, 6.45) is 1.53. The van der Waals surface area contributed by atoms with Crippen LogP contribution in [0.3, 0.4) is 0 Å². The Bertz CT molecular complexity index is 458. The molecule has 0 saturated heterocycles. The fourth-order valence-electron chi connectivity index (χ4n) is 1.68. The Morgan fingerprint density at radius 1 is 1.20 bits per heavy atom. The Hall–Kier alpha value is -1.77. The molecule has 3 nitrogen and oxygen atoms in total. The van der Waals surface area contributed by atoms with Gasteiger partial charge in [-0.25, -0.2) is 0 Å². The third-order valence-electron chi connectivity index (χ3n) is 2.44. The minimum atomic E-state index is -0.247. The number of hydrogen-bond acceptors (Lipinski definition) is 2. The van der Waals surface area contributed by atoms with Crippen molar-refractivity contribution in [3.05, 3.63) is 41.6 Å². The zero-order valence-corrected chi connectivity index (χ0v) is 8.77. The lowest BCUT2D eigenvalue weighted by Gasteiger charge is -2.11. The molecule has 0 atom stereocenters. The monoisotopic (exact) mass is 200 g/mol. The summed E-state index contributed by atoms with van der Waals surface area (Å²) < 4.78 is 0. The molecule has 1 aromatic rings. The molecule has 0 unspecified atom stereocenters. The Morgan fingerprint density at radius 2 is 1.93 bits per heavy atom. The van der Waals surface area contributed by atoms with Gasteiger partial charge in [-0.15, -0.1) is 5.11 Å². The first kappa shape index (κ1) is 9.77. The number of azo groups is 1. The van der Waals surface area contributed by atoms with Crippen LogP contribution in [0.2, 0.25) is 0 Å². The van der Waals surface area contributed by atoms with Crippen LogP contribution in [0.4, 0.5) is 0 Å². The third kappa shape index (κ3) is 1.73. The summed E-state index contributed by atoms with van der Waals surface area (Å²) in [7, 11) is 0. The van der Waals surface area contributed by atoms with Gasteiger partial charge in [0, 0.05) is 0 Å². The fraction of sp³-hybridized carbons (Fsp3) is 0.250. The largest absolute Gasteiger partial charge is 0.297 e. The highest BCUT2D eigenvalue weighted by molar-refractivity contribution is 6.21. The van der Waals surface area contributed by atoms with Gasteiger partial charge in [-0.1, -0.05) is 38.1 Å². The molecule has 0 aliphatic carbocycles. The normalized spacial score (nSPS) is 14.9. The number of nitrogens with zero attached hydrogens (tertiary/aromatic N) is 2. The van der Waals surface area contributed by atoms with Crippen LogP contribution < -0.4 is 0 Å². The SMILES string of the molecule is CC(C)c1ccccc1C1=CN=NC1=O. The van der Waals surface area contributed by atoms with E-state index in [-0.39, 0.29) is 5.91 Å². The number of amides is 1. The van der Waals surface area contributed by atoms with Gasteiger partial charge >= 0.3 is 0 Å². The van der Waals surface area contributed by atoms with Crippen molar-refractivity contribution in [3.8, 4) is 0 Å². The van der Waals surface area contributed by atoms with Crippen LogP contribution in [0.1, 0.15) is 30.9 Å². The first-order valence-corrected chi connectivity index (χ1v) is 4.95. The van der Waals surface area contributed by atoms with Crippen LogP contribution in [0.15, 0.2) is 40.7 Å². The molecule has 3 heteroatoms. The lowest BCUT2D eigenvalue weighted by Crippen LogP contribution is -2.00. The molecule has 0 N–H and O–H groups in total. The summed E-state index contributed by atoms with van der Waals surface area (Å²) in [5.74, 6) is 0.138. The maximum Gasteiger partial charge on any atom is 0.297 e. The minimum absolute atomic E-state index is 0.247. The summed E-state index contributed by atoms with van der Waals surface area (Å²) in [5.41, 5.74) is 2.70. The third-order valence-corrected chi connectivity index (χ3v) is 2.44. The van der Waals surface area contributed by atoms with E-state index in [1.165, 1.54) is 6.20 Å². The lowest BCUT2D eigenvalue weighted by atomic mass is 9.93. The smallest absolute Gasteiger partial charge is 0.265 e. The van der Waals surface area contributed by atoms with Gasteiger partial charge < -0.3 is 0 Å². The van der Waals surface area contributed by atoms with E-state index in [2.05, 4.69) is 24.1 Å². The molecule has 0 aromatic heterocycles. The summed E-state index contributed by atoms with van der Waals surface area (Å²) in [4.78, 5) is 11.4. The van der Waals surface area contributed by atoms with Gasteiger partial charge in [0.15, 0.2) is 0 Å². The number of carbonyl (C=O) groups is 1. The average Bonchev–Trinajstić information content (AvgIpc) is 2.64. The van der Waals surface area contributed by atoms with Crippen molar-refractivity contribution in [2.45, 2.75) is 19.8 Å². The Labute approximate surface area is 88.5 Å². The zero-order valence-electron chi connectivity index (χ0n) is 8.77. The first-order valence-electron chi connectivity index (χ1n) is 4.95. The molecule has 2 rings (SSSR count). The number of rotatable bonds is 2. The molecular formula is C12H12N2O. The highest BCUT2D eigenvalue weighted by Crippen LogP contribution is 2.28. The Morgan fingerprint density at radius 3 is 2.53 bits per heavy atom. The van der Waals surface area contributed by atoms with Crippen molar-refractivity contribution in [1.82, 2.24) is 0 Å². The van der Waals surface area contributed by atoms with Crippen LogP contribution in [0.25, 0.3) is 5.57 Å². The summed E-state index contributed by atoms with van der Waals surface area (Å²) >= 11 is 0. The van der Waals surface area contributed by atoms with Gasteiger partial charge in [-0.05, 0) is 17.0 Å². The molecule has 0 bridgehead atoms. The molecule has 1 heterocycles. The van der Waals surface area contributed by atoms with Gasteiger partial charge in [-0.2, -0.15) is 5.11 Å². The van der Waals surface area contributed by atoms with Crippen molar-refractivity contribution in [1.29, 1.82) is 0 Å². The molecule has 1 aliphatic rings. The van der Waals surface area contributed by atoms with Crippen molar-refractivity contribution < 1.29 is 4.79 Å². The first-order chi connectivity index (χ1) is 7.20. The van der Waals surface area contributed by atoms with Gasteiger partial charge in [0.1, 0.15) is 0 Å². The number of carbonyl (C=O) groups excluding carboxylic acids is 1. The van der Waals surface area contributed by atoms with E-state index < -0.39 is 0 Å². The Balaban J connectivity index is 2.49. The zero-order chi connectivity index (χ0) is 10.8. The second-order valence-corrected chi connectivity index (χ2v) is 3.81. The van der Waals surface area contributed by atoms with Gasteiger partial charge in [-0.3, -0.25) is 4.79 Å². The molecule has 0 fully saturated rings. The van der Waals surface area contributed by atoms with E-state index in [1.54, 1.807) is 0 Å². The minimum Gasteiger partial charge on any atom is -0.265 e. The fourth-order valence-corrected chi connectivity index (χ4v) is 1.68. The summed E-state index contributed by atoms with van der Waals surface area (Å²) in [6, 6.07) is 7.88. The average molecular weight is 200 g/mol. The molecule has 0 radical (unpaired) electrons. The molecule has 15 heavy (non-hydrogen) atoms. The van der Waals surface area contributed by atoms with E-state index in [4.69, 9.17) is 0 Å². The van der Waals surface area contributed by atoms with E-state index in [0.29, 0.717) is 11.5 Å². The highest BCUT2D eigenvalue weighted by atomic mass is 16.2. The predicted octanol–water partition coefficient (Wildman–Crippen LogP) is 3.14. The van der Waals surface area contributed by atoms with E-state index in [9.17, 15) is 4.79 Å². The second-order valence-electron chi connectivity index (χ2n) is 3.81.